The molecular weight excluding hydrogens is 186 g/mol. The molecule has 1 rings (SSSR count). The van der Waals surface area contributed by atoms with Gasteiger partial charge in [-0.25, -0.2) is 0 Å². The Kier molecular flexibility index (Phi) is 4.50. The summed E-state index contributed by atoms with van der Waals surface area (Å²) in [6.07, 6.45) is 0.567. The first-order valence-corrected chi connectivity index (χ1v) is 5.43. The Bertz CT molecular complexity index is 314. The van der Waals surface area contributed by atoms with Gasteiger partial charge in [0, 0.05) is 18.5 Å². The summed E-state index contributed by atoms with van der Waals surface area (Å²) >= 11 is 0. The van der Waals surface area contributed by atoms with Crippen LogP contribution in [0.5, 0.6) is 0 Å². The summed E-state index contributed by atoms with van der Waals surface area (Å²) in [5.41, 5.74) is 2.09. The van der Waals surface area contributed by atoms with Crippen molar-refractivity contribution in [3.63, 3.8) is 0 Å². The van der Waals surface area contributed by atoms with Gasteiger partial charge in [-0.3, -0.25) is 4.79 Å². The second kappa shape index (κ2) is 5.66. The fourth-order valence-corrected chi connectivity index (χ4v) is 1.44. The standard InChI is InChI=1S/C13H19NO/c1-10(2)11-4-6-12(7-5-11)13(15)8-9-14-3/h4-7,10,14H,8-9H2,1-3H3. The van der Waals surface area contributed by atoms with Gasteiger partial charge in [-0.05, 0) is 18.5 Å². The van der Waals surface area contributed by atoms with Gasteiger partial charge in [-0.1, -0.05) is 38.1 Å². The number of carbonyl (C=O) groups excluding carboxylic acids is 1. The van der Waals surface area contributed by atoms with Gasteiger partial charge in [0.2, 0.25) is 0 Å². The maximum atomic E-state index is 11.6. The molecule has 82 valence electrons. The predicted molar refractivity (Wildman–Crippen MR) is 63.4 cm³/mol. The summed E-state index contributed by atoms with van der Waals surface area (Å²) in [5.74, 6) is 0.728. The molecule has 1 N–H and O–H groups in total. The van der Waals surface area contributed by atoms with E-state index in [1.165, 1.54) is 5.56 Å². The molecule has 2 nitrogen and oxygen atoms in total. The number of nitrogens with one attached hydrogen (secondary N) is 1. The summed E-state index contributed by atoms with van der Waals surface area (Å²) in [6.45, 7) is 5.04. The Balaban J connectivity index is 2.67. The lowest BCUT2D eigenvalue weighted by Crippen LogP contribution is -2.13. The van der Waals surface area contributed by atoms with Crippen molar-refractivity contribution < 1.29 is 4.79 Å². The van der Waals surface area contributed by atoms with Gasteiger partial charge in [0.25, 0.3) is 0 Å². The van der Waals surface area contributed by atoms with E-state index >= 15 is 0 Å². The van der Waals surface area contributed by atoms with Crippen molar-refractivity contribution >= 4 is 5.78 Å². The van der Waals surface area contributed by atoms with Crippen molar-refractivity contribution in [3.8, 4) is 0 Å². The maximum Gasteiger partial charge on any atom is 0.164 e. The van der Waals surface area contributed by atoms with Gasteiger partial charge < -0.3 is 5.32 Å². The van der Waals surface area contributed by atoms with Crippen LogP contribution >= 0.6 is 0 Å². The molecule has 1 aromatic carbocycles. The number of rotatable bonds is 5. The summed E-state index contributed by atoms with van der Waals surface area (Å²) in [7, 11) is 1.86. The maximum absolute atomic E-state index is 11.6. The van der Waals surface area contributed by atoms with Crippen molar-refractivity contribution in [2.24, 2.45) is 0 Å². The van der Waals surface area contributed by atoms with Crippen LogP contribution in [-0.4, -0.2) is 19.4 Å². The van der Waals surface area contributed by atoms with E-state index in [-0.39, 0.29) is 5.78 Å². The SMILES string of the molecule is CNCCC(=O)c1ccc(C(C)C)cc1. The lowest BCUT2D eigenvalue weighted by atomic mass is 10.00. The second-order valence-electron chi connectivity index (χ2n) is 4.05. The molecule has 15 heavy (non-hydrogen) atoms. The average molecular weight is 205 g/mol. The van der Waals surface area contributed by atoms with Crippen molar-refractivity contribution in [2.75, 3.05) is 13.6 Å². The molecule has 0 bridgehead atoms. The third-order valence-electron chi connectivity index (χ3n) is 2.50. The third kappa shape index (κ3) is 3.48. The lowest BCUT2D eigenvalue weighted by Gasteiger charge is -2.06. The zero-order valence-corrected chi connectivity index (χ0v) is 9.71. The Labute approximate surface area is 91.7 Å². The first kappa shape index (κ1) is 11.9. The minimum Gasteiger partial charge on any atom is -0.319 e. The van der Waals surface area contributed by atoms with Crippen molar-refractivity contribution in [2.45, 2.75) is 26.2 Å². The zero-order chi connectivity index (χ0) is 11.3. The largest absolute Gasteiger partial charge is 0.319 e. The molecule has 0 aliphatic rings. The Hall–Kier alpha value is -1.15. The molecule has 0 spiro atoms. The van der Waals surface area contributed by atoms with E-state index < -0.39 is 0 Å². The van der Waals surface area contributed by atoms with Crippen LogP contribution < -0.4 is 5.32 Å². The molecule has 0 fully saturated rings. The summed E-state index contributed by atoms with van der Waals surface area (Å²) < 4.78 is 0. The van der Waals surface area contributed by atoms with Crippen LogP contribution in [0.4, 0.5) is 0 Å². The quantitative estimate of drug-likeness (QED) is 0.749. The van der Waals surface area contributed by atoms with Crippen LogP contribution in [0.1, 0.15) is 42.1 Å². The van der Waals surface area contributed by atoms with E-state index in [1.54, 1.807) is 0 Å². The molecule has 0 saturated carbocycles. The van der Waals surface area contributed by atoms with Crippen LogP contribution in [-0.2, 0) is 0 Å². The van der Waals surface area contributed by atoms with Gasteiger partial charge >= 0.3 is 0 Å². The van der Waals surface area contributed by atoms with Crippen LogP contribution in [0.3, 0.4) is 0 Å². The van der Waals surface area contributed by atoms with Gasteiger partial charge in [-0.2, -0.15) is 0 Å². The van der Waals surface area contributed by atoms with Gasteiger partial charge in [0.15, 0.2) is 5.78 Å². The topological polar surface area (TPSA) is 29.1 Å². The smallest absolute Gasteiger partial charge is 0.164 e. The molecule has 0 atom stereocenters. The fourth-order valence-electron chi connectivity index (χ4n) is 1.44. The van der Waals surface area contributed by atoms with E-state index in [0.717, 1.165) is 12.1 Å². The normalized spacial score (nSPS) is 10.7. The highest BCUT2D eigenvalue weighted by molar-refractivity contribution is 5.96. The molecule has 0 aliphatic carbocycles. The number of ketones is 1. The first-order valence-electron chi connectivity index (χ1n) is 5.43. The highest BCUT2D eigenvalue weighted by Crippen LogP contribution is 2.15. The minimum absolute atomic E-state index is 0.208. The Morgan fingerprint density at radius 1 is 1.27 bits per heavy atom. The number of hydrogen-bond acceptors (Lipinski definition) is 2. The van der Waals surface area contributed by atoms with E-state index in [4.69, 9.17) is 0 Å². The summed E-state index contributed by atoms with van der Waals surface area (Å²) in [4.78, 5) is 11.6. The molecule has 0 heterocycles. The van der Waals surface area contributed by atoms with Gasteiger partial charge in [0.1, 0.15) is 0 Å². The van der Waals surface area contributed by atoms with Crippen LogP contribution in [0.2, 0.25) is 0 Å². The monoisotopic (exact) mass is 205 g/mol. The van der Waals surface area contributed by atoms with Crippen molar-refractivity contribution in [3.05, 3.63) is 35.4 Å². The summed E-state index contributed by atoms with van der Waals surface area (Å²) in [5, 5.41) is 2.98. The van der Waals surface area contributed by atoms with E-state index in [1.807, 2.05) is 31.3 Å². The van der Waals surface area contributed by atoms with E-state index in [2.05, 4.69) is 19.2 Å². The third-order valence-corrected chi connectivity index (χ3v) is 2.50. The fraction of sp³-hybridized carbons (Fsp3) is 0.462. The molecule has 0 saturated heterocycles. The summed E-state index contributed by atoms with van der Waals surface area (Å²) in [6, 6.07) is 7.93. The van der Waals surface area contributed by atoms with Gasteiger partial charge in [-0.15, -0.1) is 0 Å². The second-order valence-corrected chi connectivity index (χ2v) is 4.05. The zero-order valence-electron chi connectivity index (χ0n) is 9.71. The van der Waals surface area contributed by atoms with Gasteiger partial charge in [0.05, 0.1) is 0 Å². The number of benzene rings is 1. The average Bonchev–Trinajstić information content (AvgIpc) is 2.26. The molecule has 1 aromatic rings. The Morgan fingerprint density at radius 3 is 2.33 bits per heavy atom. The molecular formula is C13H19NO. The van der Waals surface area contributed by atoms with E-state index in [9.17, 15) is 4.79 Å². The molecule has 0 radical (unpaired) electrons. The Morgan fingerprint density at radius 2 is 1.87 bits per heavy atom. The van der Waals surface area contributed by atoms with Crippen LogP contribution in [0.15, 0.2) is 24.3 Å². The highest BCUT2D eigenvalue weighted by Gasteiger charge is 2.05. The first-order chi connectivity index (χ1) is 7.15. The number of Topliss-reactive ketones (excluding diaryl/α,β-unsaturated/α-hetero) is 1. The van der Waals surface area contributed by atoms with Crippen LogP contribution in [0, 0.1) is 0 Å². The minimum atomic E-state index is 0.208. The highest BCUT2D eigenvalue weighted by atomic mass is 16.1. The molecule has 0 aromatic heterocycles. The molecule has 0 aliphatic heterocycles. The molecule has 2 heteroatoms. The molecule has 0 unspecified atom stereocenters. The number of hydrogen-bond donors (Lipinski definition) is 1. The van der Waals surface area contributed by atoms with Crippen molar-refractivity contribution in [1.82, 2.24) is 5.32 Å². The number of carbonyl (C=O) groups is 1. The van der Waals surface area contributed by atoms with E-state index in [0.29, 0.717) is 12.3 Å². The predicted octanol–water partition coefficient (Wildman–Crippen LogP) is 2.60. The molecule has 0 amide bonds. The van der Waals surface area contributed by atoms with Crippen molar-refractivity contribution in [1.29, 1.82) is 0 Å². The lowest BCUT2D eigenvalue weighted by molar-refractivity contribution is 0.0983. The van der Waals surface area contributed by atoms with Crippen LogP contribution in [0.25, 0.3) is 0 Å².